The molecule has 3 aromatic carbocycles. The maximum absolute atomic E-state index is 12.5. The number of carboxylic acid groups (broad SMARTS) is 1. The van der Waals surface area contributed by atoms with Crippen LogP contribution in [0.25, 0.3) is 11.1 Å². The van der Waals surface area contributed by atoms with Gasteiger partial charge in [-0.25, -0.2) is 9.59 Å². The Kier molecular flexibility index (Phi) is 5.62. The maximum atomic E-state index is 12.5. The van der Waals surface area contributed by atoms with E-state index < -0.39 is 12.1 Å². The summed E-state index contributed by atoms with van der Waals surface area (Å²) in [6, 6.07) is 20.5. The average Bonchev–Trinajstić information content (AvgIpc) is 3.07. The molecule has 31 heavy (non-hydrogen) atoms. The van der Waals surface area contributed by atoms with Crippen molar-refractivity contribution in [2.24, 2.45) is 0 Å². The first-order valence-electron chi connectivity index (χ1n) is 10.1. The molecule has 3 aromatic rings. The number of carbonyl (C=O) groups is 2. The highest BCUT2D eigenvalue weighted by Crippen LogP contribution is 2.44. The molecule has 1 aliphatic carbocycles. The van der Waals surface area contributed by atoms with E-state index in [0.29, 0.717) is 5.69 Å². The average molecular weight is 417 g/mol. The van der Waals surface area contributed by atoms with E-state index in [-0.39, 0.29) is 29.9 Å². The summed E-state index contributed by atoms with van der Waals surface area (Å²) in [5.41, 5.74) is 5.01. The lowest BCUT2D eigenvalue weighted by molar-refractivity contribution is 0.0696. The first kappa shape index (κ1) is 20.5. The third-order valence-corrected chi connectivity index (χ3v) is 5.17. The topological polar surface area (TPSA) is 84.9 Å². The van der Waals surface area contributed by atoms with Crippen LogP contribution in [0.4, 0.5) is 10.5 Å². The smallest absolute Gasteiger partial charge is 0.411 e. The van der Waals surface area contributed by atoms with Crippen LogP contribution in [0.3, 0.4) is 0 Å². The normalized spacial score (nSPS) is 12.2. The van der Waals surface area contributed by atoms with Gasteiger partial charge in [-0.15, -0.1) is 0 Å². The fourth-order valence-corrected chi connectivity index (χ4v) is 3.85. The van der Waals surface area contributed by atoms with E-state index in [4.69, 9.17) is 9.47 Å². The lowest BCUT2D eigenvalue weighted by Crippen LogP contribution is -2.19. The number of carbonyl (C=O) groups excluding carboxylic acids is 1. The molecule has 0 unspecified atom stereocenters. The highest BCUT2D eigenvalue weighted by molar-refractivity contribution is 5.92. The van der Waals surface area contributed by atoms with Crippen molar-refractivity contribution in [2.75, 3.05) is 11.9 Å². The van der Waals surface area contributed by atoms with Gasteiger partial charge in [-0.3, -0.25) is 5.32 Å². The molecule has 1 aliphatic rings. The Morgan fingerprint density at radius 1 is 0.968 bits per heavy atom. The number of rotatable bonds is 6. The summed E-state index contributed by atoms with van der Waals surface area (Å²) in [5, 5.41) is 11.9. The lowest BCUT2D eigenvalue weighted by atomic mass is 9.98. The van der Waals surface area contributed by atoms with Crippen LogP contribution in [0.5, 0.6) is 5.75 Å². The van der Waals surface area contributed by atoms with E-state index in [1.54, 1.807) is 0 Å². The standard InChI is InChI=1S/C25H23NO5/c1-15(2)31-23-13-16(24(27)28)11-12-22(23)26-25(29)30-14-21-19-9-5-3-7-17(19)18-8-4-6-10-20(18)21/h3-13,15,21H,14H2,1-2H3,(H,26,29)(H,27,28). The molecule has 2 N–H and O–H groups in total. The monoisotopic (exact) mass is 417 g/mol. The predicted molar refractivity (Wildman–Crippen MR) is 118 cm³/mol. The molecule has 0 spiro atoms. The minimum atomic E-state index is -1.07. The third-order valence-electron chi connectivity index (χ3n) is 5.17. The van der Waals surface area contributed by atoms with Gasteiger partial charge in [-0.1, -0.05) is 48.5 Å². The number of hydrogen-bond donors (Lipinski definition) is 2. The molecule has 6 heteroatoms. The van der Waals surface area contributed by atoms with E-state index in [1.807, 2.05) is 38.1 Å². The number of amides is 1. The molecule has 0 saturated carbocycles. The summed E-state index contributed by atoms with van der Waals surface area (Å²) in [6.07, 6.45) is -0.814. The zero-order valence-electron chi connectivity index (χ0n) is 17.3. The first-order valence-corrected chi connectivity index (χ1v) is 10.1. The van der Waals surface area contributed by atoms with Crippen molar-refractivity contribution >= 4 is 17.7 Å². The highest BCUT2D eigenvalue weighted by atomic mass is 16.5. The van der Waals surface area contributed by atoms with Crippen LogP contribution in [0.1, 0.15) is 41.3 Å². The minimum absolute atomic E-state index is 0.0427. The number of anilines is 1. The Balaban J connectivity index is 1.50. The molecule has 1 amide bonds. The van der Waals surface area contributed by atoms with Crippen LogP contribution in [0, 0.1) is 0 Å². The summed E-state index contributed by atoms with van der Waals surface area (Å²) >= 11 is 0. The minimum Gasteiger partial charge on any atom is -0.489 e. The summed E-state index contributed by atoms with van der Waals surface area (Å²) < 4.78 is 11.2. The van der Waals surface area contributed by atoms with Crippen LogP contribution in [-0.2, 0) is 4.74 Å². The summed E-state index contributed by atoms with van der Waals surface area (Å²) in [5.74, 6) is -0.830. The van der Waals surface area contributed by atoms with Gasteiger partial charge in [-0.2, -0.15) is 0 Å². The second-order valence-corrected chi connectivity index (χ2v) is 7.63. The van der Waals surface area contributed by atoms with Crippen molar-refractivity contribution < 1.29 is 24.2 Å². The number of ether oxygens (including phenoxy) is 2. The molecule has 158 valence electrons. The molecule has 4 rings (SSSR count). The molecule has 0 saturated heterocycles. The number of benzene rings is 3. The Hall–Kier alpha value is -3.80. The first-order chi connectivity index (χ1) is 14.9. The van der Waals surface area contributed by atoms with Gasteiger partial charge in [0.1, 0.15) is 12.4 Å². The largest absolute Gasteiger partial charge is 0.489 e. The van der Waals surface area contributed by atoms with Gasteiger partial charge in [0.2, 0.25) is 0 Å². The number of fused-ring (bicyclic) bond motifs is 3. The van der Waals surface area contributed by atoms with E-state index in [9.17, 15) is 14.7 Å². The zero-order chi connectivity index (χ0) is 22.0. The third kappa shape index (κ3) is 4.23. The number of aromatic carboxylic acids is 1. The lowest BCUT2D eigenvalue weighted by Gasteiger charge is -2.17. The molecular formula is C25H23NO5. The highest BCUT2D eigenvalue weighted by Gasteiger charge is 2.29. The van der Waals surface area contributed by atoms with Crippen LogP contribution in [-0.4, -0.2) is 29.9 Å². The van der Waals surface area contributed by atoms with Crippen LogP contribution in [0.15, 0.2) is 66.7 Å². The zero-order valence-corrected chi connectivity index (χ0v) is 17.3. The van der Waals surface area contributed by atoms with Gasteiger partial charge in [0.25, 0.3) is 0 Å². The molecule has 0 atom stereocenters. The van der Waals surface area contributed by atoms with Crippen molar-refractivity contribution in [3.05, 3.63) is 83.4 Å². The van der Waals surface area contributed by atoms with Gasteiger partial charge < -0.3 is 14.6 Å². The van der Waals surface area contributed by atoms with Crippen molar-refractivity contribution in [1.82, 2.24) is 0 Å². The molecule has 0 bridgehead atoms. The number of nitrogens with one attached hydrogen (secondary N) is 1. The number of carboxylic acids is 1. The Bertz CT molecular complexity index is 1090. The second kappa shape index (κ2) is 8.52. The van der Waals surface area contributed by atoms with E-state index in [2.05, 4.69) is 29.6 Å². The predicted octanol–water partition coefficient (Wildman–Crippen LogP) is 5.53. The molecule has 0 heterocycles. The van der Waals surface area contributed by atoms with Crippen LogP contribution >= 0.6 is 0 Å². The van der Waals surface area contributed by atoms with E-state index in [0.717, 1.165) is 22.3 Å². The van der Waals surface area contributed by atoms with Crippen molar-refractivity contribution in [2.45, 2.75) is 25.9 Å². The summed E-state index contributed by atoms with van der Waals surface area (Å²) in [4.78, 5) is 23.8. The quantitative estimate of drug-likeness (QED) is 0.551. The van der Waals surface area contributed by atoms with Crippen molar-refractivity contribution in [3.63, 3.8) is 0 Å². The molecular weight excluding hydrogens is 394 g/mol. The maximum Gasteiger partial charge on any atom is 0.411 e. The molecule has 0 fully saturated rings. The van der Waals surface area contributed by atoms with Crippen LogP contribution < -0.4 is 10.1 Å². The molecule has 0 radical (unpaired) electrons. The summed E-state index contributed by atoms with van der Waals surface area (Å²) in [6.45, 7) is 3.84. The van der Waals surface area contributed by atoms with E-state index >= 15 is 0 Å². The fourth-order valence-electron chi connectivity index (χ4n) is 3.85. The molecule has 0 aliphatic heterocycles. The Morgan fingerprint density at radius 2 is 1.58 bits per heavy atom. The van der Waals surface area contributed by atoms with Crippen molar-refractivity contribution in [3.8, 4) is 16.9 Å². The van der Waals surface area contributed by atoms with Gasteiger partial charge in [-0.05, 0) is 54.3 Å². The Labute approximate surface area is 180 Å². The van der Waals surface area contributed by atoms with E-state index in [1.165, 1.54) is 18.2 Å². The molecule has 6 nitrogen and oxygen atoms in total. The van der Waals surface area contributed by atoms with Gasteiger partial charge in [0.05, 0.1) is 17.4 Å². The van der Waals surface area contributed by atoms with Crippen molar-refractivity contribution in [1.29, 1.82) is 0 Å². The summed E-state index contributed by atoms with van der Waals surface area (Å²) in [7, 11) is 0. The van der Waals surface area contributed by atoms with Gasteiger partial charge >= 0.3 is 12.1 Å². The Morgan fingerprint density at radius 3 is 2.16 bits per heavy atom. The van der Waals surface area contributed by atoms with Crippen LogP contribution in [0.2, 0.25) is 0 Å². The number of hydrogen-bond acceptors (Lipinski definition) is 4. The second-order valence-electron chi connectivity index (χ2n) is 7.63. The van der Waals surface area contributed by atoms with Gasteiger partial charge in [0, 0.05) is 5.92 Å². The fraction of sp³-hybridized carbons (Fsp3) is 0.200. The van der Waals surface area contributed by atoms with Gasteiger partial charge in [0.15, 0.2) is 0 Å². The molecule has 0 aromatic heterocycles. The SMILES string of the molecule is CC(C)Oc1cc(C(=O)O)ccc1NC(=O)OCC1c2ccccc2-c2ccccc21.